The van der Waals surface area contributed by atoms with E-state index in [1.54, 1.807) is 37.3 Å². The molecule has 0 radical (unpaired) electrons. The van der Waals surface area contributed by atoms with E-state index in [4.69, 9.17) is 5.11 Å². The summed E-state index contributed by atoms with van der Waals surface area (Å²) in [6, 6.07) is 8.30. The molecule has 5 heteroatoms. The van der Waals surface area contributed by atoms with Crippen LogP contribution in [0.1, 0.15) is 31.4 Å². The summed E-state index contributed by atoms with van der Waals surface area (Å²) in [5.41, 5.74) is 0.514. The first kappa shape index (κ1) is 14.2. The van der Waals surface area contributed by atoms with Crippen LogP contribution in [0, 0.1) is 0 Å². The number of carbonyl (C=O) groups excluding carboxylic acids is 1. The molecule has 0 aliphatic carbocycles. The number of carbonyl (C=O) groups is 2. The van der Waals surface area contributed by atoms with E-state index in [9.17, 15) is 14.7 Å². The molecule has 1 rings (SSSR count). The van der Waals surface area contributed by atoms with Crippen molar-refractivity contribution in [3.63, 3.8) is 0 Å². The largest absolute Gasteiger partial charge is 0.481 e. The Morgan fingerprint density at radius 1 is 1.28 bits per heavy atom. The first-order valence-electron chi connectivity index (χ1n) is 5.76. The molecule has 0 saturated heterocycles. The summed E-state index contributed by atoms with van der Waals surface area (Å²) in [5.74, 6) is -1.42. The molecule has 5 nitrogen and oxygen atoms in total. The molecule has 0 bridgehead atoms. The summed E-state index contributed by atoms with van der Waals surface area (Å²) in [6.07, 6.45) is -0.899. The number of benzene rings is 1. The summed E-state index contributed by atoms with van der Waals surface area (Å²) < 4.78 is 0. The molecule has 18 heavy (non-hydrogen) atoms. The van der Waals surface area contributed by atoms with Gasteiger partial charge in [0.25, 0.3) is 5.91 Å². The average molecular weight is 251 g/mol. The van der Waals surface area contributed by atoms with Gasteiger partial charge in [-0.2, -0.15) is 0 Å². The van der Waals surface area contributed by atoms with Crippen molar-refractivity contribution in [2.75, 3.05) is 0 Å². The quantitative estimate of drug-likeness (QED) is 0.706. The molecule has 1 aromatic rings. The molecule has 1 amide bonds. The molecule has 0 aliphatic heterocycles. The second-order valence-corrected chi connectivity index (χ2v) is 4.16. The van der Waals surface area contributed by atoms with Crippen molar-refractivity contribution in [2.45, 2.75) is 31.9 Å². The van der Waals surface area contributed by atoms with Crippen LogP contribution in [0.5, 0.6) is 0 Å². The van der Waals surface area contributed by atoms with Crippen LogP contribution in [0.15, 0.2) is 30.3 Å². The van der Waals surface area contributed by atoms with Crippen molar-refractivity contribution in [3.8, 4) is 0 Å². The van der Waals surface area contributed by atoms with Crippen LogP contribution >= 0.6 is 0 Å². The fourth-order valence-electron chi connectivity index (χ4n) is 1.52. The Kier molecular flexibility index (Phi) is 5.32. The van der Waals surface area contributed by atoms with E-state index in [0.717, 1.165) is 0 Å². The van der Waals surface area contributed by atoms with Gasteiger partial charge in [-0.05, 0) is 18.9 Å². The van der Waals surface area contributed by atoms with Gasteiger partial charge in [-0.3, -0.25) is 9.59 Å². The number of hydrogen-bond acceptors (Lipinski definition) is 3. The molecule has 0 fully saturated rings. The maximum Gasteiger partial charge on any atom is 0.303 e. The highest BCUT2D eigenvalue weighted by molar-refractivity contribution is 5.82. The summed E-state index contributed by atoms with van der Waals surface area (Å²) in [7, 11) is 0. The first-order valence-corrected chi connectivity index (χ1v) is 5.76. The monoisotopic (exact) mass is 251 g/mol. The van der Waals surface area contributed by atoms with Gasteiger partial charge in [-0.25, -0.2) is 0 Å². The number of amides is 1. The van der Waals surface area contributed by atoms with Gasteiger partial charge in [-0.15, -0.1) is 0 Å². The second kappa shape index (κ2) is 6.76. The Bertz CT molecular complexity index is 405. The minimum atomic E-state index is -1.22. The predicted octanol–water partition coefficient (Wildman–Crippen LogP) is 1.09. The zero-order valence-electron chi connectivity index (χ0n) is 10.2. The van der Waals surface area contributed by atoms with Crippen LogP contribution in [0.3, 0.4) is 0 Å². The third-order valence-corrected chi connectivity index (χ3v) is 2.54. The normalized spacial score (nSPS) is 13.7. The van der Waals surface area contributed by atoms with Crippen LogP contribution in [-0.4, -0.2) is 28.1 Å². The Balaban J connectivity index is 2.47. The number of aliphatic hydroxyl groups is 1. The van der Waals surface area contributed by atoms with Gasteiger partial charge in [0, 0.05) is 12.5 Å². The SMILES string of the molecule is CC(CCC(=O)O)NC(=O)C(O)c1ccccc1. The van der Waals surface area contributed by atoms with Crippen molar-refractivity contribution in [3.05, 3.63) is 35.9 Å². The Morgan fingerprint density at radius 2 is 1.89 bits per heavy atom. The van der Waals surface area contributed by atoms with Crippen LogP contribution in [0.2, 0.25) is 0 Å². The molecular weight excluding hydrogens is 234 g/mol. The lowest BCUT2D eigenvalue weighted by molar-refractivity contribution is -0.137. The number of carboxylic acids is 1. The molecular formula is C13H17NO4. The van der Waals surface area contributed by atoms with Gasteiger partial charge >= 0.3 is 5.97 Å². The smallest absolute Gasteiger partial charge is 0.303 e. The van der Waals surface area contributed by atoms with Crippen molar-refractivity contribution in [1.82, 2.24) is 5.32 Å². The zero-order chi connectivity index (χ0) is 13.5. The number of hydrogen-bond donors (Lipinski definition) is 3. The Labute approximate surface area is 105 Å². The fraction of sp³-hybridized carbons (Fsp3) is 0.385. The van der Waals surface area contributed by atoms with Gasteiger partial charge in [0.2, 0.25) is 0 Å². The molecule has 1 aromatic carbocycles. The van der Waals surface area contributed by atoms with E-state index in [0.29, 0.717) is 12.0 Å². The fourth-order valence-corrected chi connectivity index (χ4v) is 1.52. The van der Waals surface area contributed by atoms with E-state index in [1.165, 1.54) is 0 Å². The van der Waals surface area contributed by atoms with E-state index in [2.05, 4.69) is 5.32 Å². The van der Waals surface area contributed by atoms with E-state index >= 15 is 0 Å². The van der Waals surface area contributed by atoms with E-state index < -0.39 is 18.0 Å². The predicted molar refractivity (Wildman–Crippen MR) is 65.9 cm³/mol. The van der Waals surface area contributed by atoms with Crippen molar-refractivity contribution in [2.24, 2.45) is 0 Å². The maximum atomic E-state index is 11.7. The standard InChI is InChI=1S/C13H17NO4/c1-9(7-8-11(15)16)14-13(18)12(17)10-5-3-2-4-6-10/h2-6,9,12,17H,7-8H2,1H3,(H,14,18)(H,15,16). The topological polar surface area (TPSA) is 86.6 Å². The summed E-state index contributed by atoms with van der Waals surface area (Å²) in [5, 5.41) is 20.9. The van der Waals surface area contributed by atoms with Crippen LogP contribution < -0.4 is 5.32 Å². The lowest BCUT2D eigenvalue weighted by Gasteiger charge is -2.16. The number of nitrogens with one attached hydrogen (secondary N) is 1. The molecule has 98 valence electrons. The first-order chi connectivity index (χ1) is 8.50. The third kappa shape index (κ3) is 4.55. The third-order valence-electron chi connectivity index (χ3n) is 2.54. The van der Waals surface area contributed by atoms with Gasteiger partial charge in [0.15, 0.2) is 6.10 Å². The molecule has 2 unspecified atom stereocenters. The summed E-state index contributed by atoms with van der Waals surface area (Å²) in [4.78, 5) is 22.1. The Hall–Kier alpha value is -1.88. The van der Waals surface area contributed by atoms with E-state index in [-0.39, 0.29) is 12.5 Å². The van der Waals surface area contributed by atoms with Gasteiger partial charge < -0.3 is 15.5 Å². The molecule has 2 atom stereocenters. The molecule has 3 N–H and O–H groups in total. The van der Waals surface area contributed by atoms with Crippen LogP contribution in [0.25, 0.3) is 0 Å². The van der Waals surface area contributed by atoms with E-state index in [1.807, 2.05) is 0 Å². The number of carboxylic acid groups (broad SMARTS) is 1. The second-order valence-electron chi connectivity index (χ2n) is 4.16. The minimum Gasteiger partial charge on any atom is -0.481 e. The molecule has 0 spiro atoms. The van der Waals surface area contributed by atoms with Crippen molar-refractivity contribution in [1.29, 1.82) is 0 Å². The van der Waals surface area contributed by atoms with Crippen LogP contribution in [-0.2, 0) is 9.59 Å². The number of aliphatic carboxylic acids is 1. The molecule has 0 aromatic heterocycles. The van der Waals surface area contributed by atoms with Crippen LogP contribution in [0.4, 0.5) is 0 Å². The Morgan fingerprint density at radius 3 is 2.44 bits per heavy atom. The summed E-state index contributed by atoms with van der Waals surface area (Å²) in [6.45, 7) is 1.71. The highest BCUT2D eigenvalue weighted by Gasteiger charge is 2.18. The highest BCUT2D eigenvalue weighted by atomic mass is 16.4. The highest BCUT2D eigenvalue weighted by Crippen LogP contribution is 2.12. The molecule has 0 saturated carbocycles. The molecule has 0 aliphatic rings. The van der Waals surface area contributed by atoms with Crippen molar-refractivity contribution < 1.29 is 19.8 Å². The zero-order valence-corrected chi connectivity index (χ0v) is 10.2. The lowest BCUT2D eigenvalue weighted by Crippen LogP contribution is -2.36. The van der Waals surface area contributed by atoms with Gasteiger partial charge in [0.1, 0.15) is 0 Å². The summed E-state index contributed by atoms with van der Waals surface area (Å²) >= 11 is 0. The van der Waals surface area contributed by atoms with Crippen molar-refractivity contribution >= 4 is 11.9 Å². The number of rotatable bonds is 6. The van der Waals surface area contributed by atoms with Gasteiger partial charge in [-0.1, -0.05) is 30.3 Å². The van der Waals surface area contributed by atoms with Gasteiger partial charge in [0.05, 0.1) is 0 Å². The minimum absolute atomic E-state index is 0.0110. The maximum absolute atomic E-state index is 11.7. The number of aliphatic hydroxyl groups excluding tert-OH is 1. The average Bonchev–Trinajstić information content (AvgIpc) is 2.36. The molecule has 0 heterocycles. The lowest BCUT2D eigenvalue weighted by atomic mass is 10.1.